The van der Waals surface area contributed by atoms with E-state index in [1.54, 1.807) is 0 Å². The fourth-order valence-corrected chi connectivity index (χ4v) is 7.03. The van der Waals surface area contributed by atoms with Gasteiger partial charge in [0.2, 0.25) is 23.6 Å². The molecule has 2 atom stereocenters. The third-order valence-corrected chi connectivity index (χ3v) is 14.1. The largest absolute Gasteiger partial charge is 0.377 e. The van der Waals surface area contributed by atoms with E-state index in [1.807, 2.05) is 13.8 Å². The zero-order valence-corrected chi connectivity index (χ0v) is 44.9. The molecule has 2 aliphatic heterocycles. The monoisotopic (exact) mass is 1200 g/mol. The van der Waals surface area contributed by atoms with Gasteiger partial charge >= 0.3 is 0 Å². The van der Waals surface area contributed by atoms with Gasteiger partial charge in [0.15, 0.2) is 11.0 Å². The standard InChI is InChI=1S/2C20H30N3O7PS.6CH4.P2S2/c2*1-15(20(28)31-32)4-2-3-8-21-17(25)14-30-13-12-29-11-9-22-16(24)7-10-23-18(26)5-6-19(23)27;;;;;;;3-1-2-4/h2*5-6,15H,2-4,7-14H2,1H3,(H,21,25)(H,22,24);6*1H4;/t2*15-;;;;;;;/m00......./s1. The Morgan fingerprint density at radius 2 is 0.757 bits per heavy atom. The number of hydrogen-bond donors (Lipinski definition) is 4. The first kappa shape index (κ1) is 84.8. The first-order chi connectivity index (χ1) is 32.6. The van der Waals surface area contributed by atoms with Crippen LogP contribution in [0.5, 0.6) is 0 Å². The van der Waals surface area contributed by atoms with Gasteiger partial charge in [0.05, 0.1) is 54.4 Å². The summed E-state index contributed by atoms with van der Waals surface area (Å²) in [6, 6.07) is 0. The molecule has 4 N–H and O–H groups in total. The van der Waals surface area contributed by atoms with Crippen molar-refractivity contribution in [2.24, 2.45) is 11.8 Å². The summed E-state index contributed by atoms with van der Waals surface area (Å²) < 4.78 is 21.1. The number of amides is 8. The fraction of sp³-hybridized carbons (Fsp3) is 0.696. The van der Waals surface area contributed by atoms with Crippen molar-refractivity contribution in [3.8, 4) is 0 Å². The van der Waals surface area contributed by atoms with E-state index in [4.69, 9.17) is 42.6 Å². The molecule has 0 radical (unpaired) electrons. The summed E-state index contributed by atoms with van der Waals surface area (Å²) in [7, 11) is 2.49. The molecule has 2 rings (SSSR count). The van der Waals surface area contributed by atoms with Crippen LogP contribution in [-0.4, -0.2) is 160 Å². The molecular formula is C46H84N6O14P4S4. The van der Waals surface area contributed by atoms with E-state index in [0.717, 1.165) is 62.4 Å². The van der Waals surface area contributed by atoms with Crippen molar-refractivity contribution < 1.29 is 66.9 Å². The number of rotatable bonds is 37. The zero-order chi connectivity index (χ0) is 51.0. The minimum atomic E-state index is -0.411. The highest BCUT2D eigenvalue weighted by molar-refractivity contribution is 8.40. The van der Waals surface area contributed by atoms with Crippen LogP contribution in [0, 0.1) is 11.8 Å². The van der Waals surface area contributed by atoms with Gasteiger partial charge in [-0.15, -0.1) is 0 Å². The van der Waals surface area contributed by atoms with Crippen LogP contribution in [-0.2, 0) is 114 Å². The van der Waals surface area contributed by atoms with Gasteiger partial charge in [0.1, 0.15) is 13.2 Å². The van der Waals surface area contributed by atoms with Crippen molar-refractivity contribution in [3.63, 3.8) is 0 Å². The lowest BCUT2D eigenvalue weighted by Gasteiger charge is -2.13. The molecule has 0 bridgehead atoms. The Bertz CT molecular complexity index is 1630. The maximum absolute atomic E-state index is 11.7. The predicted molar refractivity (Wildman–Crippen MR) is 310 cm³/mol. The minimum absolute atomic E-state index is 0. The van der Waals surface area contributed by atoms with Crippen molar-refractivity contribution in [1.82, 2.24) is 31.1 Å². The molecule has 0 aromatic rings. The van der Waals surface area contributed by atoms with Crippen molar-refractivity contribution in [1.29, 1.82) is 0 Å². The third kappa shape index (κ3) is 45.1. The van der Waals surface area contributed by atoms with Gasteiger partial charge in [-0.05, 0) is 72.9 Å². The smallest absolute Gasteiger partial charge is 0.253 e. The summed E-state index contributed by atoms with van der Waals surface area (Å²) in [5, 5.41) is 10.8. The Morgan fingerprint density at radius 3 is 1.05 bits per heavy atom. The molecule has 0 aromatic heterocycles. The van der Waals surface area contributed by atoms with E-state index in [1.165, 1.54) is 24.3 Å². The predicted octanol–water partition coefficient (Wildman–Crippen LogP) is 6.15. The van der Waals surface area contributed by atoms with E-state index in [2.05, 4.69) is 44.9 Å². The molecule has 0 fully saturated rings. The summed E-state index contributed by atoms with van der Waals surface area (Å²) in [4.78, 5) is 117. The van der Waals surface area contributed by atoms with Gasteiger partial charge < -0.3 is 40.2 Å². The van der Waals surface area contributed by atoms with E-state index in [9.17, 15) is 47.9 Å². The molecule has 8 amide bonds. The molecule has 426 valence electrons. The molecular weight excluding hydrogens is 1110 g/mol. The lowest BCUT2D eigenvalue weighted by atomic mass is 10.1. The van der Waals surface area contributed by atoms with Gasteiger partial charge in [0, 0.05) is 102 Å². The summed E-state index contributed by atoms with van der Waals surface area (Å²) in [6.45, 7) is 6.91. The van der Waals surface area contributed by atoms with Gasteiger partial charge in [0.25, 0.3) is 23.6 Å². The highest BCUT2D eigenvalue weighted by atomic mass is 32.7. The zero-order valence-electron chi connectivity index (χ0n) is 38.1. The van der Waals surface area contributed by atoms with Crippen molar-refractivity contribution in [2.45, 2.75) is 110 Å². The van der Waals surface area contributed by atoms with Crippen LogP contribution in [0.4, 0.5) is 0 Å². The maximum atomic E-state index is 11.7. The Kier molecular flexibility index (Phi) is 64.3. The molecule has 2 aliphatic rings. The van der Waals surface area contributed by atoms with Gasteiger partial charge in [-0.25, -0.2) is 0 Å². The topological polar surface area (TPSA) is 262 Å². The highest BCUT2D eigenvalue weighted by Crippen LogP contribution is 2.16. The molecule has 0 aliphatic carbocycles. The Labute approximate surface area is 467 Å². The van der Waals surface area contributed by atoms with Crippen LogP contribution in [0.3, 0.4) is 0 Å². The Hall–Kier alpha value is -3.10. The van der Waals surface area contributed by atoms with Crippen LogP contribution in [0.1, 0.15) is 110 Å². The summed E-state index contributed by atoms with van der Waals surface area (Å²) in [6.07, 6.45) is 9.56. The number of carbonyl (C=O) groups is 10. The van der Waals surface area contributed by atoms with Gasteiger partial charge in [-0.3, -0.25) is 57.7 Å². The van der Waals surface area contributed by atoms with Gasteiger partial charge in [-0.2, -0.15) is 0 Å². The lowest BCUT2D eigenvalue weighted by Crippen LogP contribution is -2.35. The molecule has 0 saturated carbocycles. The second-order valence-corrected chi connectivity index (χ2v) is 21.0. The molecule has 0 aromatic carbocycles. The van der Waals surface area contributed by atoms with Crippen molar-refractivity contribution in [2.75, 3.05) is 92.1 Å². The van der Waals surface area contributed by atoms with E-state index >= 15 is 0 Å². The SMILES string of the molecule is C.C.C.C.C.C.C[C@@H](CCCCNC(=O)COCCOCCNC(=O)CCN1C(=O)C=CC1=O)C(=O)P=S.C[C@@H](CCCCNC(=O)COCCOCCNC(=O)CCN1C(=O)C=CC1=O)C(=O)P=S.S=PP=S. The van der Waals surface area contributed by atoms with Gasteiger partial charge in [-0.1, -0.05) is 71.2 Å². The maximum Gasteiger partial charge on any atom is 0.253 e. The van der Waals surface area contributed by atoms with Crippen LogP contribution >= 0.6 is 28.8 Å². The summed E-state index contributed by atoms with van der Waals surface area (Å²) in [5.41, 5.74) is 0.125. The highest BCUT2D eigenvalue weighted by Gasteiger charge is 2.24. The minimum Gasteiger partial charge on any atom is -0.377 e. The second kappa shape index (κ2) is 56.1. The number of nitrogens with one attached hydrogen (secondary N) is 4. The third-order valence-electron chi connectivity index (χ3n) is 9.10. The van der Waals surface area contributed by atoms with Crippen LogP contribution < -0.4 is 21.3 Å². The molecule has 0 spiro atoms. The number of hydrogen-bond acceptors (Lipinski definition) is 18. The molecule has 2 heterocycles. The number of imide groups is 2. The fourth-order valence-electron chi connectivity index (χ4n) is 5.34. The number of ether oxygens (including phenoxy) is 4. The van der Waals surface area contributed by atoms with E-state index in [-0.39, 0.29) is 183 Å². The van der Waals surface area contributed by atoms with Crippen LogP contribution in [0.25, 0.3) is 0 Å². The molecule has 0 unspecified atom stereocenters. The number of carbonyl (C=O) groups excluding carboxylic acids is 10. The number of nitrogens with zero attached hydrogens (tertiary/aromatic N) is 2. The summed E-state index contributed by atoms with van der Waals surface area (Å²) >= 11 is 18.2. The Balaban J connectivity index is -0.000000210. The molecule has 74 heavy (non-hydrogen) atoms. The normalized spacial score (nSPS) is 12.7. The molecule has 0 saturated heterocycles. The second-order valence-electron chi connectivity index (χ2n) is 14.4. The molecule has 20 nitrogen and oxygen atoms in total. The van der Waals surface area contributed by atoms with Crippen LogP contribution in [0.15, 0.2) is 24.3 Å². The van der Waals surface area contributed by atoms with Crippen molar-refractivity contribution in [3.05, 3.63) is 24.3 Å². The lowest BCUT2D eigenvalue weighted by molar-refractivity contribution is -0.139. The molecule has 28 heteroatoms. The Morgan fingerprint density at radius 1 is 0.459 bits per heavy atom. The summed E-state index contributed by atoms with van der Waals surface area (Å²) in [5.74, 6) is -2.71. The average molecular weight is 1200 g/mol. The van der Waals surface area contributed by atoms with Crippen LogP contribution in [0.2, 0.25) is 0 Å². The quantitative estimate of drug-likeness (QED) is 0.0309. The number of unbranched alkanes of at least 4 members (excludes halogenated alkanes) is 2. The first-order valence-corrected chi connectivity index (χ1v) is 29.8. The van der Waals surface area contributed by atoms with E-state index in [0.29, 0.717) is 27.8 Å². The average Bonchev–Trinajstić information content (AvgIpc) is 3.83. The first-order valence-electron chi connectivity index (χ1n) is 21.5. The van der Waals surface area contributed by atoms with E-state index < -0.39 is 23.6 Å². The van der Waals surface area contributed by atoms with Crippen molar-refractivity contribution >= 4 is 134 Å².